The van der Waals surface area contributed by atoms with Crippen LogP contribution in [0.25, 0.3) is 0 Å². The molecule has 4 nitrogen and oxygen atoms in total. The SMILES string of the molecule is C[N+]1(CCC2=CC=CCC2)CC[C@@H](N2CC(c3ccc(F)cc3)(C3CCC(F)CC3)NC2=O)C1. The van der Waals surface area contributed by atoms with Crippen LogP contribution in [0, 0.1) is 11.7 Å². The Labute approximate surface area is 202 Å². The second-order valence-electron chi connectivity index (χ2n) is 11.2. The number of alkyl halides is 1. The number of allylic oxidation sites excluding steroid dienone is 3. The van der Waals surface area contributed by atoms with Crippen LogP contribution in [0.2, 0.25) is 0 Å². The number of benzene rings is 1. The molecule has 0 spiro atoms. The van der Waals surface area contributed by atoms with Crippen molar-refractivity contribution >= 4 is 6.03 Å². The highest BCUT2D eigenvalue weighted by Crippen LogP contribution is 2.44. The molecule has 5 rings (SSSR count). The molecule has 4 aliphatic rings. The number of nitrogens with zero attached hydrogens (tertiary/aromatic N) is 2. The van der Waals surface area contributed by atoms with E-state index in [2.05, 4.69) is 30.6 Å². The summed E-state index contributed by atoms with van der Waals surface area (Å²) in [5, 5.41) is 3.34. The van der Waals surface area contributed by atoms with Gasteiger partial charge in [0.25, 0.3) is 0 Å². The minimum atomic E-state index is -0.752. The van der Waals surface area contributed by atoms with Crippen LogP contribution in [-0.4, -0.2) is 60.9 Å². The molecule has 2 aliphatic heterocycles. The van der Waals surface area contributed by atoms with E-state index in [1.165, 1.54) is 17.7 Å². The van der Waals surface area contributed by atoms with Gasteiger partial charge in [0.05, 0.1) is 44.8 Å². The molecule has 0 aromatic heterocycles. The molecule has 184 valence electrons. The molecule has 2 unspecified atom stereocenters. The van der Waals surface area contributed by atoms with E-state index in [9.17, 15) is 13.6 Å². The third-order valence-corrected chi connectivity index (χ3v) is 8.89. The van der Waals surface area contributed by atoms with E-state index in [-0.39, 0.29) is 23.8 Å². The third kappa shape index (κ3) is 4.66. The summed E-state index contributed by atoms with van der Waals surface area (Å²) in [6.07, 6.45) is 12.9. The topological polar surface area (TPSA) is 32.3 Å². The maximum atomic E-state index is 14.0. The number of halogens is 2. The van der Waals surface area contributed by atoms with Gasteiger partial charge in [-0.1, -0.05) is 35.9 Å². The number of rotatable bonds is 6. The van der Waals surface area contributed by atoms with Crippen molar-refractivity contribution in [3.05, 3.63) is 59.4 Å². The van der Waals surface area contributed by atoms with Crippen molar-refractivity contribution in [2.45, 2.75) is 69.1 Å². The van der Waals surface area contributed by atoms with Crippen molar-refractivity contribution in [2.24, 2.45) is 5.92 Å². The largest absolute Gasteiger partial charge is 0.326 e. The number of nitrogens with one attached hydrogen (secondary N) is 1. The molecule has 1 aromatic carbocycles. The average Bonchev–Trinajstić information content (AvgIpc) is 3.40. The molecule has 2 amide bonds. The monoisotopic (exact) mass is 470 g/mol. The highest BCUT2D eigenvalue weighted by molar-refractivity contribution is 5.79. The van der Waals surface area contributed by atoms with Crippen LogP contribution in [0.5, 0.6) is 0 Å². The van der Waals surface area contributed by atoms with Crippen LogP contribution in [-0.2, 0) is 5.54 Å². The fourth-order valence-electron chi connectivity index (χ4n) is 6.74. The number of urea groups is 1. The van der Waals surface area contributed by atoms with Crippen LogP contribution in [0.4, 0.5) is 13.6 Å². The summed E-state index contributed by atoms with van der Waals surface area (Å²) in [4.78, 5) is 15.4. The van der Waals surface area contributed by atoms with Gasteiger partial charge in [-0.15, -0.1) is 0 Å². The summed E-state index contributed by atoms with van der Waals surface area (Å²) in [7, 11) is 2.32. The molecule has 2 saturated heterocycles. The Bertz CT molecular complexity index is 953. The second-order valence-corrected chi connectivity index (χ2v) is 11.2. The molecule has 1 saturated carbocycles. The normalized spacial score (nSPS) is 36.0. The molecular weight excluding hydrogens is 432 g/mol. The molecule has 3 atom stereocenters. The van der Waals surface area contributed by atoms with Gasteiger partial charge in [-0.25, -0.2) is 13.6 Å². The molecule has 1 N–H and O–H groups in total. The summed E-state index contributed by atoms with van der Waals surface area (Å²) in [6.45, 7) is 3.73. The molecular formula is C28H38F2N3O+. The molecule has 34 heavy (non-hydrogen) atoms. The van der Waals surface area contributed by atoms with Gasteiger partial charge in [0.2, 0.25) is 0 Å². The number of likely N-dealkylation sites (N-methyl/N-ethyl adjacent to an activating group) is 1. The first kappa shape index (κ1) is 23.5. The Morgan fingerprint density at radius 2 is 1.91 bits per heavy atom. The lowest BCUT2D eigenvalue weighted by Crippen LogP contribution is -2.49. The maximum absolute atomic E-state index is 14.0. The zero-order chi connectivity index (χ0) is 23.8. The average molecular weight is 471 g/mol. The Morgan fingerprint density at radius 3 is 2.62 bits per heavy atom. The van der Waals surface area contributed by atoms with Crippen molar-refractivity contribution in [1.82, 2.24) is 10.2 Å². The molecule has 0 bridgehead atoms. The second kappa shape index (κ2) is 9.44. The van der Waals surface area contributed by atoms with E-state index in [4.69, 9.17) is 0 Å². The van der Waals surface area contributed by atoms with Crippen molar-refractivity contribution in [1.29, 1.82) is 0 Å². The van der Waals surface area contributed by atoms with E-state index < -0.39 is 11.7 Å². The van der Waals surface area contributed by atoms with Crippen molar-refractivity contribution in [3.8, 4) is 0 Å². The van der Waals surface area contributed by atoms with E-state index in [1.807, 2.05) is 17.0 Å². The lowest BCUT2D eigenvalue weighted by molar-refractivity contribution is -0.898. The lowest BCUT2D eigenvalue weighted by Gasteiger charge is -2.40. The van der Waals surface area contributed by atoms with Crippen LogP contribution < -0.4 is 5.32 Å². The molecule has 2 heterocycles. The molecule has 1 aromatic rings. The predicted molar refractivity (Wildman–Crippen MR) is 130 cm³/mol. The van der Waals surface area contributed by atoms with Gasteiger partial charge in [-0.3, -0.25) is 0 Å². The van der Waals surface area contributed by atoms with Gasteiger partial charge in [0.15, 0.2) is 0 Å². The summed E-state index contributed by atoms with van der Waals surface area (Å²) in [5.41, 5.74) is 1.90. The Kier molecular flexibility index (Phi) is 6.54. The Morgan fingerprint density at radius 1 is 1.15 bits per heavy atom. The van der Waals surface area contributed by atoms with E-state index in [1.54, 1.807) is 0 Å². The van der Waals surface area contributed by atoms with Crippen molar-refractivity contribution in [3.63, 3.8) is 0 Å². The zero-order valence-electron chi connectivity index (χ0n) is 20.3. The number of amides is 2. The number of quaternary nitrogens is 1. The number of likely N-dealkylation sites (tertiary alicyclic amines) is 1. The zero-order valence-corrected chi connectivity index (χ0v) is 20.3. The Balaban J connectivity index is 1.32. The van der Waals surface area contributed by atoms with Crippen LogP contribution in [0.3, 0.4) is 0 Å². The first-order valence-electron chi connectivity index (χ1n) is 13.0. The number of carbonyl (C=O) groups excluding carboxylic acids is 1. The highest BCUT2D eigenvalue weighted by atomic mass is 19.1. The standard InChI is InChI=1S/C28H37F2N3O/c1-33(17-15-21-5-3-2-4-6-21)18-16-26(19-33)32-20-28(31-27(32)34,22-7-11-24(29)12-8-22)23-9-13-25(30)14-10-23/h2-3,5,7-8,11-12,23,25-26H,4,6,9-10,13-20H2,1H3/p+1/t23?,25?,26-,28?,33?/m1/s1. The van der Waals surface area contributed by atoms with Crippen LogP contribution in [0.15, 0.2) is 48.1 Å². The van der Waals surface area contributed by atoms with Gasteiger partial charge < -0.3 is 14.7 Å². The fraction of sp³-hybridized carbons (Fsp3) is 0.607. The molecule has 2 aliphatic carbocycles. The van der Waals surface area contributed by atoms with Gasteiger partial charge in [-0.05, 0) is 62.1 Å². The summed E-state index contributed by atoms with van der Waals surface area (Å²) >= 11 is 0. The van der Waals surface area contributed by atoms with Gasteiger partial charge in [0, 0.05) is 12.8 Å². The number of hydrogen-bond donors (Lipinski definition) is 1. The van der Waals surface area contributed by atoms with Crippen molar-refractivity contribution in [2.75, 3.05) is 33.2 Å². The maximum Gasteiger partial charge on any atom is 0.318 e. The molecule has 6 heteroatoms. The smallest absolute Gasteiger partial charge is 0.318 e. The number of carbonyl (C=O) groups is 1. The minimum absolute atomic E-state index is 0.0229. The van der Waals surface area contributed by atoms with E-state index >= 15 is 0 Å². The fourth-order valence-corrected chi connectivity index (χ4v) is 6.74. The third-order valence-electron chi connectivity index (χ3n) is 8.89. The molecule has 0 radical (unpaired) electrons. The lowest BCUT2D eigenvalue weighted by atomic mass is 9.71. The first-order valence-corrected chi connectivity index (χ1v) is 13.0. The summed E-state index contributed by atoms with van der Waals surface area (Å²) in [5.74, 6) is -0.118. The van der Waals surface area contributed by atoms with Crippen molar-refractivity contribution < 1.29 is 18.1 Å². The molecule has 3 fully saturated rings. The van der Waals surface area contributed by atoms with Gasteiger partial charge in [-0.2, -0.15) is 0 Å². The van der Waals surface area contributed by atoms with Gasteiger partial charge >= 0.3 is 6.03 Å². The van der Waals surface area contributed by atoms with Gasteiger partial charge in [0.1, 0.15) is 12.0 Å². The van der Waals surface area contributed by atoms with E-state index in [0.717, 1.165) is 68.2 Å². The number of hydrogen-bond acceptors (Lipinski definition) is 1. The quantitative estimate of drug-likeness (QED) is 0.550. The van der Waals surface area contributed by atoms with Crippen LogP contribution in [0.1, 0.15) is 56.9 Å². The first-order chi connectivity index (χ1) is 16.4. The van der Waals surface area contributed by atoms with E-state index in [0.29, 0.717) is 19.4 Å². The highest BCUT2D eigenvalue weighted by Gasteiger charge is 2.53. The minimum Gasteiger partial charge on any atom is -0.326 e. The Hall–Kier alpha value is -2.21. The summed E-state index contributed by atoms with van der Waals surface area (Å²) in [6, 6.07) is 6.75. The van der Waals surface area contributed by atoms with Crippen LogP contribution >= 0.6 is 0 Å². The predicted octanol–water partition coefficient (Wildman–Crippen LogP) is 5.46. The summed E-state index contributed by atoms with van der Waals surface area (Å²) < 4.78 is 28.7.